The van der Waals surface area contributed by atoms with Crippen LogP contribution in [0.15, 0.2) is 17.1 Å². The summed E-state index contributed by atoms with van der Waals surface area (Å²) in [6.45, 7) is -0.570. The Balaban J connectivity index is 0.00000324. The molecule has 0 fully saturated rings. The highest BCUT2D eigenvalue weighted by atomic mass is 35.5. The predicted octanol–water partition coefficient (Wildman–Crippen LogP) is -1.24. The SMILES string of the molecule is Cl.Nc1ccn(C[C@@H](CO)OCP(=O)(O)O)c(=O)n1. The molecule has 110 valence electrons. The molecule has 1 rings (SSSR count). The first-order valence-corrected chi connectivity index (χ1v) is 6.71. The van der Waals surface area contributed by atoms with Gasteiger partial charge in [0.15, 0.2) is 0 Å². The van der Waals surface area contributed by atoms with Gasteiger partial charge in [0.1, 0.15) is 12.2 Å². The van der Waals surface area contributed by atoms with Crippen molar-refractivity contribution >= 4 is 25.8 Å². The first-order chi connectivity index (χ1) is 8.31. The third-order valence-electron chi connectivity index (χ3n) is 1.98. The Morgan fingerprint density at radius 1 is 1.53 bits per heavy atom. The van der Waals surface area contributed by atoms with Crippen molar-refractivity contribution in [2.75, 3.05) is 18.7 Å². The van der Waals surface area contributed by atoms with Crippen LogP contribution in [0.25, 0.3) is 0 Å². The van der Waals surface area contributed by atoms with Crippen LogP contribution in [0.5, 0.6) is 0 Å². The summed E-state index contributed by atoms with van der Waals surface area (Å²) in [6, 6.07) is 1.39. The van der Waals surface area contributed by atoms with E-state index in [-0.39, 0.29) is 24.8 Å². The van der Waals surface area contributed by atoms with E-state index in [2.05, 4.69) is 4.98 Å². The minimum Gasteiger partial charge on any atom is -0.394 e. The van der Waals surface area contributed by atoms with Crippen LogP contribution in [-0.2, 0) is 15.8 Å². The monoisotopic (exact) mass is 315 g/mol. The van der Waals surface area contributed by atoms with Crippen LogP contribution in [0, 0.1) is 0 Å². The van der Waals surface area contributed by atoms with Crippen molar-refractivity contribution < 1.29 is 24.2 Å². The van der Waals surface area contributed by atoms with E-state index in [0.717, 1.165) is 4.57 Å². The highest BCUT2D eigenvalue weighted by molar-refractivity contribution is 7.51. The van der Waals surface area contributed by atoms with Crippen molar-refractivity contribution in [3.8, 4) is 0 Å². The molecule has 0 bridgehead atoms. The van der Waals surface area contributed by atoms with Gasteiger partial charge < -0.3 is 25.4 Å². The molecule has 9 nitrogen and oxygen atoms in total. The predicted molar refractivity (Wildman–Crippen MR) is 69.0 cm³/mol. The van der Waals surface area contributed by atoms with E-state index in [4.69, 9.17) is 25.4 Å². The minimum absolute atomic E-state index is 0. The molecule has 0 saturated heterocycles. The minimum atomic E-state index is -4.31. The van der Waals surface area contributed by atoms with E-state index >= 15 is 0 Å². The van der Waals surface area contributed by atoms with E-state index in [0.29, 0.717) is 0 Å². The topological polar surface area (TPSA) is 148 Å². The van der Waals surface area contributed by atoms with Gasteiger partial charge in [0.2, 0.25) is 0 Å². The molecule has 1 aromatic heterocycles. The molecule has 0 aliphatic heterocycles. The van der Waals surface area contributed by atoms with Crippen molar-refractivity contribution in [1.29, 1.82) is 0 Å². The molecule has 5 N–H and O–H groups in total. The molecular weight excluding hydrogens is 301 g/mol. The van der Waals surface area contributed by atoms with Crippen LogP contribution in [0.2, 0.25) is 0 Å². The number of hydrogen-bond donors (Lipinski definition) is 4. The maximum atomic E-state index is 11.4. The second-order valence-electron chi connectivity index (χ2n) is 3.55. The number of nitrogens with two attached hydrogens (primary N) is 1. The lowest BCUT2D eigenvalue weighted by atomic mass is 10.3. The number of hydrogen-bond acceptors (Lipinski definition) is 6. The molecular formula is C8H15ClN3O6P. The molecule has 1 aromatic rings. The Bertz CT molecular complexity index is 504. The second-order valence-corrected chi connectivity index (χ2v) is 5.14. The molecule has 0 radical (unpaired) electrons. The zero-order valence-electron chi connectivity index (χ0n) is 9.75. The zero-order chi connectivity index (χ0) is 13.8. The molecule has 0 aliphatic rings. The first-order valence-electron chi connectivity index (χ1n) is 4.92. The van der Waals surface area contributed by atoms with Crippen LogP contribution in [0.4, 0.5) is 5.82 Å². The third-order valence-corrected chi connectivity index (χ3v) is 2.46. The summed E-state index contributed by atoms with van der Waals surface area (Å²) in [4.78, 5) is 32.1. The number of anilines is 1. The number of ether oxygens (including phenoxy) is 1. The van der Waals surface area contributed by atoms with Gasteiger partial charge in [-0.2, -0.15) is 4.98 Å². The van der Waals surface area contributed by atoms with E-state index in [1.54, 1.807) is 0 Å². The summed E-state index contributed by atoms with van der Waals surface area (Å²) in [5.74, 6) is 0.0629. The lowest BCUT2D eigenvalue weighted by molar-refractivity contribution is 0.0188. The highest BCUT2D eigenvalue weighted by Gasteiger charge is 2.18. The number of nitrogens with zero attached hydrogens (tertiary/aromatic N) is 2. The molecule has 19 heavy (non-hydrogen) atoms. The molecule has 0 unspecified atom stereocenters. The number of aliphatic hydroxyl groups is 1. The van der Waals surface area contributed by atoms with Crippen molar-refractivity contribution in [2.24, 2.45) is 0 Å². The van der Waals surface area contributed by atoms with Gasteiger partial charge in [-0.15, -0.1) is 12.4 Å². The highest BCUT2D eigenvalue weighted by Crippen LogP contribution is 2.34. The zero-order valence-corrected chi connectivity index (χ0v) is 11.5. The molecule has 0 spiro atoms. The maximum absolute atomic E-state index is 11.4. The number of aliphatic hydroxyl groups excluding tert-OH is 1. The Hall–Kier alpha value is -0.960. The summed E-state index contributed by atoms with van der Waals surface area (Å²) >= 11 is 0. The van der Waals surface area contributed by atoms with Crippen molar-refractivity contribution in [1.82, 2.24) is 9.55 Å². The van der Waals surface area contributed by atoms with Gasteiger partial charge >= 0.3 is 13.3 Å². The molecule has 11 heteroatoms. The number of rotatable bonds is 6. The van der Waals surface area contributed by atoms with Gasteiger partial charge in [0.25, 0.3) is 0 Å². The standard InChI is InChI=1S/C8H14N3O6P.ClH/c9-7-1-2-11(8(13)10-7)3-6(4-12)17-5-18(14,15)16;/h1-2,6,12H,3-5H2,(H2,9,10,13)(H2,14,15,16);1H/t6-;/m0./s1. The van der Waals surface area contributed by atoms with Gasteiger partial charge in [-0.3, -0.25) is 9.13 Å². The van der Waals surface area contributed by atoms with E-state index in [1.807, 2.05) is 0 Å². The van der Waals surface area contributed by atoms with Crippen LogP contribution in [0.3, 0.4) is 0 Å². The molecule has 1 atom stereocenters. The van der Waals surface area contributed by atoms with E-state index in [9.17, 15) is 9.36 Å². The number of nitrogen functional groups attached to an aromatic ring is 1. The van der Waals surface area contributed by atoms with Crippen molar-refractivity contribution in [3.63, 3.8) is 0 Å². The Morgan fingerprint density at radius 3 is 2.63 bits per heavy atom. The fraction of sp³-hybridized carbons (Fsp3) is 0.500. The van der Waals surface area contributed by atoms with E-state index in [1.165, 1.54) is 12.3 Å². The van der Waals surface area contributed by atoms with Gasteiger partial charge in [0.05, 0.1) is 19.3 Å². The van der Waals surface area contributed by atoms with Gasteiger partial charge in [-0.25, -0.2) is 4.79 Å². The second kappa shape index (κ2) is 7.59. The van der Waals surface area contributed by atoms with Crippen molar-refractivity contribution in [2.45, 2.75) is 12.6 Å². The molecule has 0 aromatic carbocycles. The maximum Gasteiger partial charge on any atom is 0.350 e. The fourth-order valence-electron chi connectivity index (χ4n) is 1.17. The lowest BCUT2D eigenvalue weighted by Crippen LogP contribution is -2.32. The quantitative estimate of drug-likeness (QED) is 0.476. The summed E-state index contributed by atoms with van der Waals surface area (Å²) in [6.07, 6.45) is -0.385. The van der Waals surface area contributed by atoms with Crippen LogP contribution < -0.4 is 11.4 Å². The fourth-order valence-corrected chi connectivity index (χ4v) is 1.57. The average molecular weight is 316 g/mol. The van der Waals surface area contributed by atoms with Gasteiger partial charge in [-0.05, 0) is 6.07 Å². The van der Waals surface area contributed by atoms with Gasteiger partial charge in [-0.1, -0.05) is 0 Å². The first kappa shape index (κ1) is 18.0. The smallest absolute Gasteiger partial charge is 0.350 e. The Kier molecular flexibility index (Phi) is 7.20. The van der Waals surface area contributed by atoms with Crippen LogP contribution in [0.1, 0.15) is 0 Å². The summed E-state index contributed by atoms with van der Waals surface area (Å²) in [7, 11) is -4.31. The lowest BCUT2D eigenvalue weighted by Gasteiger charge is -2.16. The van der Waals surface area contributed by atoms with Crippen LogP contribution >= 0.6 is 20.0 Å². The largest absolute Gasteiger partial charge is 0.394 e. The number of halogens is 1. The van der Waals surface area contributed by atoms with E-state index < -0.39 is 32.3 Å². The molecule has 0 saturated carbocycles. The normalized spacial score (nSPS) is 12.8. The van der Waals surface area contributed by atoms with Gasteiger partial charge in [0, 0.05) is 6.20 Å². The average Bonchev–Trinajstić information content (AvgIpc) is 2.25. The number of aromatic nitrogens is 2. The molecule has 0 amide bonds. The summed E-state index contributed by atoms with van der Waals surface area (Å²) < 4.78 is 16.5. The third kappa shape index (κ3) is 6.67. The summed E-state index contributed by atoms with van der Waals surface area (Å²) in [5.41, 5.74) is 4.67. The molecule has 0 aliphatic carbocycles. The van der Waals surface area contributed by atoms with Crippen LogP contribution in [-0.4, -0.2) is 43.5 Å². The Morgan fingerprint density at radius 2 is 2.16 bits per heavy atom. The summed E-state index contributed by atoms with van der Waals surface area (Å²) in [5, 5.41) is 8.99. The van der Waals surface area contributed by atoms with Crippen molar-refractivity contribution in [3.05, 3.63) is 22.7 Å². The molecule has 1 heterocycles. The Labute approximate surface area is 114 Å².